The van der Waals surface area contributed by atoms with Gasteiger partial charge in [-0.25, -0.2) is 5.43 Å². The first-order valence-corrected chi connectivity index (χ1v) is 7.28. The molecule has 0 fully saturated rings. The first-order valence-electron chi connectivity index (χ1n) is 7.28. The SMILES string of the molecule is CCOc1ccccc1OCC(=O)N/N=C/c1ccc(O)cc1O. The number of phenolic OH excluding ortho intramolecular Hbond substituents is 2. The van der Waals surface area contributed by atoms with Crippen LogP contribution in [-0.4, -0.2) is 35.5 Å². The maximum atomic E-state index is 11.7. The van der Waals surface area contributed by atoms with Crippen LogP contribution in [0.25, 0.3) is 0 Å². The highest BCUT2D eigenvalue weighted by Gasteiger charge is 2.06. The van der Waals surface area contributed by atoms with E-state index in [9.17, 15) is 15.0 Å². The van der Waals surface area contributed by atoms with Gasteiger partial charge in [0.1, 0.15) is 11.5 Å². The Morgan fingerprint density at radius 1 is 1.17 bits per heavy atom. The molecule has 24 heavy (non-hydrogen) atoms. The highest BCUT2D eigenvalue weighted by molar-refractivity contribution is 5.85. The van der Waals surface area contributed by atoms with Crippen LogP contribution in [0.2, 0.25) is 0 Å². The molecule has 7 heteroatoms. The maximum absolute atomic E-state index is 11.7. The fraction of sp³-hybridized carbons (Fsp3) is 0.176. The van der Waals surface area contributed by atoms with Gasteiger partial charge in [-0.2, -0.15) is 5.10 Å². The van der Waals surface area contributed by atoms with Crippen LogP contribution in [0.4, 0.5) is 0 Å². The van der Waals surface area contributed by atoms with E-state index in [1.54, 1.807) is 18.2 Å². The summed E-state index contributed by atoms with van der Waals surface area (Å²) in [5, 5.41) is 22.5. The molecule has 0 atom stereocenters. The zero-order chi connectivity index (χ0) is 17.4. The van der Waals surface area contributed by atoms with E-state index in [0.29, 0.717) is 23.7 Å². The molecule has 0 aliphatic carbocycles. The minimum atomic E-state index is -0.462. The van der Waals surface area contributed by atoms with Crippen LogP contribution in [0.5, 0.6) is 23.0 Å². The molecule has 0 radical (unpaired) electrons. The fourth-order valence-electron chi connectivity index (χ4n) is 1.83. The van der Waals surface area contributed by atoms with Gasteiger partial charge < -0.3 is 19.7 Å². The quantitative estimate of drug-likeness (QED) is 0.533. The van der Waals surface area contributed by atoms with Crippen LogP contribution in [0.1, 0.15) is 12.5 Å². The van der Waals surface area contributed by atoms with Crippen LogP contribution in [-0.2, 0) is 4.79 Å². The van der Waals surface area contributed by atoms with Gasteiger partial charge in [0, 0.05) is 11.6 Å². The molecule has 0 saturated heterocycles. The normalized spacial score (nSPS) is 10.5. The van der Waals surface area contributed by atoms with Crippen molar-refractivity contribution in [3.8, 4) is 23.0 Å². The molecular weight excluding hydrogens is 312 g/mol. The molecule has 3 N–H and O–H groups in total. The van der Waals surface area contributed by atoms with E-state index in [1.807, 2.05) is 13.0 Å². The Bertz CT molecular complexity index is 731. The van der Waals surface area contributed by atoms with Gasteiger partial charge in [-0.15, -0.1) is 0 Å². The van der Waals surface area contributed by atoms with E-state index >= 15 is 0 Å². The second-order valence-electron chi connectivity index (χ2n) is 4.70. The van der Waals surface area contributed by atoms with Crippen LogP contribution >= 0.6 is 0 Å². The number of carbonyl (C=O) groups excluding carboxylic acids is 1. The first-order chi connectivity index (χ1) is 11.6. The number of phenols is 2. The van der Waals surface area contributed by atoms with Gasteiger partial charge in [-0.1, -0.05) is 12.1 Å². The van der Waals surface area contributed by atoms with E-state index < -0.39 is 5.91 Å². The number of hydrazone groups is 1. The summed E-state index contributed by atoms with van der Waals surface area (Å²) in [6.07, 6.45) is 1.26. The van der Waals surface area contributed by atoms with E-state index in [0.717, 1.165) is 0 Å². The summed E-state index contributed by atoms with van der Waals surface area (Å²) in [6, 6.07) is 11.1. The summed E-state index contributed by atoms with van der Waals surface area (Å²) in [7, 11) is 0. The molecule has 2 aromatic carbocycles. The van der Waals surface area contributed by atoms with Crippen molar-refractivity contribution in [3.05, 3.63) is 48.0 Å². The Hall–Kier alpha value is -3.22. The van der Waals surface area contributed by atoms with Crippen molar-refractivity contribution in [1.29, 1.82) is 0 Å². The number of benzene rings is 2. The number of hydrogen-bond donors (Lipinski definition) is 3. The topological polar surface area (TPSA) is 100 Å². The standard InChI is InChI=1S/C17H18N2O5/c1-2-23-15-5-3-4-6-16(15)24-11-17(22)19-18-10-12-7-8-13(20)9-14(12)21/h3-10,20-21H,2,11H2,1H3,(H,19,22)/b18-10+. The van der Waals surface area contributed by atoms with Gasteiger partial charge in [0.15, 0.2) is 18.1 Å². The van der Waals surface area contributed by atoms with Crippen molar-refractivity contribution in [2.24, 2.45) is 5.10 Å². The molecule has 0 heterocycles. The van der Waals surface area contributed by atoms with E-state index in [2.05, 4.69) is 10.5 Å². The molecule has 0 spiro atoms. The van der Waals surface area contributed by atoms with Crippen molar-refractivity contribution >= 4 is 12.1 Å². The van der Waals surface area contributed by atoms with Gasteiger partial charge in [-0.05, 0) is 31.2 Å². The lowest BCUT2D eigenvalue weighted by atomic mass is 10.2. The molecule has 7 nitrogen and oxygen atoms in total. The lowest BCUT2D eigenvalue weighted by Crippen LogP contribution is -2.24. The maximum Gasteiger partial charge on any atom is 0.277 e. The highest BCUT2D eigenvalue weighted by Crippen LogP contribution is 2.26. The highest BCUT2D eigenvalue weighted by atomic mass is 16.5. The monoisotopic (exact) mass is 330 g/mol. The molecule has 1 amide bonds. The number of rotatable bonds is 7. The predicted molar refractivity (Wildman–Crippen MR) is 88.6 cm³/mol. The van der Waals surface area contributed by atoms with Crippen molar-refractivity contribution in [2.45, 2.75) is 6.92 Å². The fourth-order valence-corrected chi connectivity index (χ4v) is 1.83. The molecule has 0 bridgehead atoms. The molecule has 2 aromatic rings. The number of nitrogens with zero attached hydrogens (tertiary/aromatic N) is 1. The third-order valence-corrected chi connectivity index (χ3v) is 2.91. The first kappa shape index (κ1) is 17.1. The molecule has 0 aromatic heterocycles. The summed E-state index contributed by atoms with van der Waals surface area (Å²) in [6.45, 7) is 2.12. The van der Waals surface area contributed by atoms with Gasteiger partial charge in [0.25, 0.3) is 5.91 Å². The Labute approximate surface area is 139 Å². The number of para-hydroxylation sites is 2. The molecule has 126 valence electrons. The Kier molecular flexibility index (Phi) is 6.01. The molecule has 2 rings (SSSR count). The van der Waals surface area contributed by atoms with Gasteiger partial charge >= 0.3 is 0 Å². The average Bonchev–Trinajstić information content (AvgIpc) is 2.56. The molecule has 0 aliphatic rings. The van der Waals surface area contributed by atoms with Crippen LogP contribution in [0.15, 0.2) is 47.6 Å². The van der Waals surface area contributed by atoms with Gasteiger partial charge in [0.05, 0.1) is 12.8 Å². The second kappa shape index (κ2) is 8.42. The third kappa shape index (κ3) is 4.91. The van der Waals surface area contributed by atoms with Crippen molar-refractivity contribution in [2.75, 3.05) is 13.2 Å². The summed E-state index contributed by atoms with van der Waals surface area (Å²) in [5.74, 6) is 0.362. The van der Waals surface area contributed by atoms with Crippen LogP contribution < -0.4 is 14.9 Å². The van der Waals surface area contributed by atoms with Crippen LogP contribution in [0.3, 0.4) is 0 Å². The number of amides is 1. The Morgan fingerprint density at radius 3 is 2.54 bits per heavy atom. The van der Waals surface area contributed by atoms with E-state index in [1.165, 1.54) is 24.4 Å². The molecular formula is C17H18N2O5. The van der Waals surface area contributed by atoms with E-state index in [4.69, 9.17) is 9.47 Å². The largest absolute Gasteiger partial charge is 0.508 e. The lowest BCUT2D eigenvalue weighted by molar-refractivity contribution is -0.123. The lowest BCUT2D eigenvalue weighted by Gasteiger charge is -2.10. The molecule has 0 saturated carbocycles. The smallest absolute Gasteiger partial charge is 0.277 e. The van der Waals surface area contributed by atoms with Crippen molar-refractivity contribution in [3.63, 3.8) is 0 Å². The number of ether oxygens (including phenoxy) is 2. The predicted octanol–water partition coefficient (Wildman–Crippen LogP) is 2.03. The van der Waals surface area contributed by atoms with Crippen molar-refractivity contribution in [1.82, 2.24) is 5.43 Å². The number of hydrogen-bond acceptors (Lipinski definition) is 6. The van der Waals surface area contributed by atoms with Gasteiger partial charge in [0.2, 0.25) is 0 Å². The van der Waals surface area contributed by atoms with Crippen molar-refractivity contribution < 1.29 is 24.5 Å². The summed E-state index contributed by atoms with van der Waals surface area (Å²) < 4.78 is 10.8. The number of nitrogens with one attached hydrogen (secondary N) is 1. The van der Waals surface area contributed by atoms with E-state index in [-0.39, 0.29) is 18.1 Å². The minimum Gasteiger partial charge on any atom is -0.508 e. The minimum absolute atomic E-state index is 0.0601. The third-order valence-electron chi connectivity index (χ3n) is 2.91. The zero-order valence-corrected chi connectivity index (χ0v) is 13.1. The molecule has 0 aliphatic heterocycles. The van der Waals surface area contributed by atoms with Crippen LogP contribution in [0, 0.1) is 0 Å². The number of carbonyl (C=O) groups is 1. The summed E-state index contributed by atoms with van der Waals surface area (Å²) in [4.78, 5) is 11.7. The number of aromatic hydroxyl groups is 2. The molecule has 0 unspecified atom stereocenters. The Morgan fingerprint density at radius 2 is 1.88 bits per heavy atom. The zero-order valence-electron chi connectivity index (χ0n) is 13.1. The summed E-state index contributed by atoms with van der Waals surface area (Å²) in [5.41, 5.74) is 2.64. The van der Waals surface area contributed by atoms with Gasteiger partial charge in [-0.3, -0.25) is 4.79 Å². The second-order valence-corrected chi connectivity index (χ2v) is 4.70. The Balaban J connectivity index is 1.86. The summed E-state index contributed by atoms with van der Waals surface area (Å²) >= 11 is 0. The average molecular weight is 330 g/mol.